The molecule has 4 heteroatoms. The summed E-state index contributed by atoms with van der Waals surface area (Å²) in [7, 11) is 1.98. The van der Waals surface area contributed by atoms with Crippen LogP contribution in [0.4, 0.5) is 0 Å². The summed E-state index contributed by atoms with van der Waals surface area (Å²) >= 11 is 8.85. The van der Waals surface area contributed by atoms with Gasteiger partial charge in [0.2, 0.25) is 0 Å². The molecule has 16 heavy (non-hydrogen) atoms. The monoisotopic (exact) mass is 359 g/mol. The predicted octanol–water partition coefficient (Wildman–Crippen LogP) is 4.58. The Morgan fingerprint density at radius 3 is 2.62 bits per heavy atom. The van der Waals surface area contributed by atoms with E-state index in [2.05, 4.69) is 66.8 Å². The maximum Gasteiger partial charge on any atom is 0.0680 e. The zero-order valence-corrected chi connectivity index (χ0v) is 12.7. The average molecular weight is 361 g/mol. The van der Waals surface area contributed by atoms with Gasteiger partial charge in [-0.05, 0) is 52.1 Å². The minimum atomic E-state index is 0.242. The van der Waals surface area contributed by atoms with Gasteiger partial charge in [0.1, 0.15) is 0 Å². The zero-order chi connectivity index (χ0) is 11.5. The lowest BCUT2D eigenvalue weighted by atomic mass is 10.1. The fourth-order valence-corrected chi connectivity index (χ4v) is 3.80. The Kier molecular flexibility index (Phi) is 4.19. The quantitative estimate of drug-likeness (QED) is 0.844. The van der Waals surface area contributed by atoms with Gasteiger partial charge in [-0.25, -0.2) is 0 Å². The Morgan fingerprint density at radius 1 is 1.25 bits per heavy atom. The van der Waals surface area contributed by atoms with E-state index < -0.39 is 0 Å². The first kappa shape index (κ1) is 12.3. The van der Waals surface area contributed by atoms with Gasteiger partial charge in [0, 0.05) is 13.8 Å². The van der Waals surface area contributed by atoms with Crippen LogP contribution in [0, 0.1) is 0 Å². The number of nitrogens with one attached hydrogen (secondary N) is 1. The van der Waals surface area contributed by atoms with Crippen molar-refractivity contribution in [2.24, 2.45) is 0 Å². The highest BCUT2D eigenvalue weighted by Gasteiger charge is 2.16. The van der Waals surface area contributed by atoms with Crippen LogP contribution in [-0.2, 0) is 0 Å². The van der Waals surface area contributed by atoms with E-state index in [1.54, 1.807) is 11.3 Å². The number of thiophene rings is 1. The second-order valence-electron chi connectivity index (χ2n) is 3.41. The summed E-state index contributed by atoms with van der Waals surface area (Å²) in [6, 6.07) is 10.7. The third-order valence-electron chi connectivity index (χ3n) is 2.38. The molecular weight excluding hydrogens is 350 g/mol. The number of benzene rings is 1. The lowest BCUT2D eigenvalue weighted by molar-refractivity contribution is 0.701. The first-order valence-corrected chi connectivity index (χ1v) is 7.34. The minimum Gasteiger partial charge on any atom is -0.309 e. The highest BCUT2D eigenvalue weighted by Crippen LogP contribution is 2.33. The van der Waals surface area contributed by atoms with Crippen molar-refractivity contribution in [3.05, 3.63) is 55.1 Å². The number of hydrogen-bond donors (Lipinski definition) is 1. The smallest absolute Gasteiger partial charge is 0.0680 e. The first-order valence-electron chi connectivity index (χ1n) is 4.88. The molecule has 84 valence electrons. The summed E-state index contributed by atoms with van der Waals surface area (Å²) in [5.41, 5.74) is 1.26. The molecule has 0 fully saturated rings. The molecule has 0 radical (unpaired) electrons. The molecule has 1 nitrogen and oxygen atoms in total. The Morgan fingerprint density at radius 2 is 2.06 bits per heavy atom. The van der Waals surface area contributed by atoms with Crippen molar-refractivity contribution in [1.29, 1.82) is 0 Å². The van der Waals surface area contributed by atoms with Crippen LogP contribution in [-0.4, -0.2) is 7.05 Å². The SMILES string of the molecule is CNC(c1cccc(Br)c1)c1sccc1Br. The second kappa shape index (κ2) is 5.45. The molecule has 0 spiro atoms. The number of hydrogen-bond acceptors (Lipinski definition) is 2. The van der Waals surface area contributed by atoms with Gasteiger partial charge in [0.25, 0.3) is 0 Å². The van der Waals surface area contributed by atoms with Crippen LogP contribution in [0.1, 0.15) is 16.5 Å². The van der Waals surface area contributed by atoms with E-state index >= 15 is 0 Å². The van der Waals surface area contributed by atoms with Crippen molar-refractivity contribution in [2.75, 3.05) is 7.05 Å². The van der Waals surface area contributed by atoms with Crippen LogP contribution >= 0.6 is 43.2 Å². The maximum absolute atomic E-state index is 3.58. The summed E-state index contributed by atoms with van der Waals surface area (Å²) in [6.07, 6.45) is 0. The lowest BCUT2D eigenvalue weighted by Gasteiger charge is -2.16. The molecule has 2 rings (SSSR count). The van der Waals surface area contributed by atoms with Crippen molar-refractivity contribution < 1.29 is 0 Å². The molecule has 0 saturated carbocycles. The predicted molar refractivity (Wildman–Crippen MR) is 77.1 cm³/mol. The summed E-state index contributed by atoms with van der Waals surface area (Å²) in [4.78, 5) is 1.31. The number of halogens is 2. The van der Waals surface area contributed by atoms with E-state index in [0.717, 1.165) is 8.95 Å². The molecule has 1 aromatic heterocycles. The second-order valence-corrected chi connectivity index (χ2v) is 6.13. The summed E-state index contributed by atoms with van der Waals surface area (Å²) in [5.74, 6) is 0. The Hall–Kier alpha value is -0.160. The third kappa shape index (κ3) is 2.56. The molecule has 0 aliphatic heterocycles. The average Bonchev–Trinajstić information content (AvgIpc) is 2.67. The van der Waals surface area contributed by atoms with E-state index in [9.17, 15) is 0 Å². The molecule has 0 aliphatic carbocycles. The minimum absolute atomic E-state index is 0.242. The molecule has 1 N–H and O–H groups in total. The van der Waals surface area contributed by atoms with E-state index in [1.165, 1.54) is 10.4 Å². The van der Waals surface area contributed by atoms with Crippen LogP contribution in [0.5, 0.6) is 0 Å². The normalized spacial score (nSPS) is 12.7. The van der Waals surface area contributed by atoms with E-state index in [4.69, 9.17) is 0 Å². The highest BCUT2D eigenvalue weighted by molar-refractivity contribution is 9.10. The van der Waals surface area contributed by atoms with E-state index in [0.29, 0.717) is 0 Å². The van der Waals surface area contributed by atoms with Gasteiger partial charge < -0.3 is 5.32 Å². The van der Waals surface area contributed by atoms with Gasteiger partial charge >= 0.3 is 0 Å². The third-order valence-corrected chi connectivity index (χ3v) is 4.81. The fraction of sp³-hybridized carbons (Fsp3) is 0.167. The Bertz CT molecular complexity index is 481. The van der Waals surface area contributed by atoms with Gasteiger partial charge in [-0.2, -0.15) is 0 Å². The van der Waals surface area contributed by atoms with Crippen LogP contribution in [0.3, 0.4) is 0 Å². The van der Waals surface area contributed by atoms with Crippen LogP contribution in [0.15, 0.2) is 44.7 Å². The molecule has 1 aromatic carbocycles. The Labute approximate surface area is 116 Å². The zero-order valence-electron chi connectivity index (χ0n) is 8.71. The molecule has 0 aliphatic rings. The van der Waals surface area contributed by atoms with Crippen LogP contribution < -0.4 is 5.32 Å². The standard InChI is InChI=1S/C12H11Br2NS/c1-15-11(12-10(14)5-6-16-12)8-3-2-4-9(13)7-8/h2-7,11,15H,1H3. The molecule has 0 amide bonds. The summed E-state index contributed by atoms with van der Waals surface area (Å²) in [6.45, 7) is 0. The molecule has 0 bridgehead atoms. The molecule has 2 aromatic rings. The van der Waals surface area contributed by atoms with E-state index in [1.807, 2.05) is 13.1 Å². The van der Waals surface area contributed by atoms with Gasteiger partial charge in [0.15, 0.2) is 0 Å². The van der Waals surface area contributed by atoms with Gasteiger partial charge in [0.05, 0.1) is 6.04 Å². The van der Waals surface area contributed by atoms with Gasteiger partial charge in [-0.1, -0.05) is 28.1 Å². The first-order chi connectivity index (χ1) is 7.72. The molecule has 1 heterocycles. The van der Waals surface area contributed by atoms with Crippen LogP contribution in [0.25, 0.3) is 0 Å². The summed E-state index contributed by atoms with van der Waals surface area (Å²) < 4.78 is 2.27. The van der Waals surface area contributed by atoms with Crippen molar-refractivity contribution in [2.45, 2.75) is 6.04 Å². The largest absolute Gasteiger partial charge is 0.309 e. The summed E-state index contributed by atoms with van der Waals surface area (Å²) in [5, 5.41) is 5.45. The van der Waals surface area contributed by atoms with Crippen molar-refractivity contribution in [1.82, 2.24) is 5.32 Å². The van der Waals surface area contributed by atoms with E-state index in [-0.39, 0.29) is 6.04 Å². The molecular formula is C12H11Br2NS. The maximum atomic E-state index is 3.58. The fourth-order valence-electron chi connectivity index (χ4n) is 1.65. The lowest BCUT2D eigenvalue weighted by Crippen LogP contribution is -2.16. The van der Waals surface area contributed by atoms with Crippen molar-refractivity contribution in [3.63, 3.8) is 0 Å². The molecule has 1 unspecified atom stereocenters. The van der Waals surface area contributed by atoms with Crippen LogP contribution in [0.2, 0.25) is 0 Å². The highest BCUT2D eigenvalue weighted by atomic mass is 79.9. The van der Waals surface area contributed by atoms with Crippen molar-refractivity contribution in [3.8, 4) is 0 Å². The van der Waals surface area contributed by atoms with Gasteiger partial charge in [-0.15, -0.1) is 11.3 Å². The number of rotatable bonds is 3. The molecule has 1 atom stereocenters. The van der Waals surface area contributed by atoms with Gasteiger partial charge in [-0.3, -0.25) is 0 Å². The van der Waals surface area contributed by atoms with Crippen molar-refractivity contribution >= 4 is 43.2 Å². The Balaban J connectivity index is 2.40. The topological polar surface area (TPSA) is 12.0 Å². The molecule has 0 saturated heterocycles.